The fraction of sp³-hybridized carbons (Fsp3) is 0.316. The molecular formula is C19H25ClN2O. The molecule has 0 heterocycles. The standard InChI is InChI=1S/C19H24N2O.ClH/c1-15-8-9-18(14-16(15)2)19(22)21(13-11-20)12-10-17-6-4-3-5-7-17;/h3-9,14H,10-13,20H2,1-2H3;1H. The van der Waals surface area contributed by atoms with Gasteiger partial charge in [-0.15, -0.1) is 12.4 Å². The topological polar surface area (TPSA) is 46.3 Å². The molecule has 0 atom stereocenters. The van der Waals surface area contributed by atoms with Gasteiger partial charge in [0.15, 0.2) is 0 Å². The number of hydrogen-bond donors (Lipinski definition) is 1. The highest BCUT2D eigenvalue weighted by Gasteiger charge is 2.15. The van der Waals surface area contributed by atoms with Crippen molar-refractivity contribution in [1.29, 1.82) is 0 Å². The number of halogens is 1. The van der Waals surface area contributed by atoms with Crippen LogP contribution in [-0.2, 0) is 6.42 Å². The van der Waals surface area contributed by atoms with Gasteiger partial charge < -0.3 is 10.6 Å². The number of nitrogens with two attached hydrogens (primary N) is 1. The number of hydrogen-bond acceptors (Lipinski definition) is 2. The predicted molar refractivity (Wildman–Crippen MR) is 98.3 cm³/mol. The first-order valence-corrected chi connectivity index (χ1v) is 7.72. The summed E-state index contributed by atoms with van der Waals surface area (Å²) in [4.78, 5) is 14.5. The third-order valence-corrected chi connectivity index (χ3v) is 3.95. The first-order chi connectivity index (χ1) is 10.6. The highest BCUT2D eigenvalue weighted by Crippen LogP contribution is 2.12. The molecule has 23 heavy (non-hydrogen) atoms. The van der Waals surface area contributed by atoms with E-state index in [-0.39, 0.29) is 18.3 Å². The van der Waals surface area contributed by atoms with Crippen molar-refractivity contribution < 1.29 is 4.79 Å². The fourth-order valence-corrected chi connectivity index (χ4v) is 2.44. The van der Waals surface area contributed by atoms with E-state index in [0.29, 0.717) is 19.6 Å². The summed E-state index contributed by atoms with van der Waals surface area (Å²) in [6.45, 7) is 5.83. The number of nitrogens with zero attached hydrogens (tertiary/aromatic N) is 1. The zero-order valence-corrected chi connectivity index (χ0v) is 14.6. The van der Waals surface area contributed by atoms with Crippen LogP contribution in [0.25, 0.3) is 0 Å². The number of aryl methyl sites for hydroxylation is 2. The van der Waals surface area contributed by atoms with Gasteiger partial charge in [-0.25, -0.2) is 0 Å². The van der Waals surface area contributed by atoms with Crippen molar-refractivity contribution >= 4 is 18.3 Å². The van der Waals surface area contributed by atoms with Crippen LogP contribution in [0.1, 0.15) is 27.0 Å². The molecule has 0 aliphatic carbocycles. The lowest BCUT2D eigenvalue weighted by Crippen LogP contribution is -2.37. The molecule has 0 saturated heterocycles. The van der Waals surface area contributed by atoms with Crippen LogP contribution in [0.15, 0.2) is 48.5 Å². The molecule has 1 amide bonds. The number of carbonyl (C=O) groups is 1. The summed E-state index contributed by atoms with van der Waals surface area (Å²) in [6.07, 6.45) is 0.845. The Balaban J connectivity index is 0.00000264. The lowest BCUT2D eigenvalue weighted by atomic mass is 10.1. The fourth-order valence-electron chi connectivity index (χ4n) is 2.44. The van der Waals surface area contributed by atoms with Crippen LogP contribution >= 0.6 is 12.4 Å². The molecule has 2 N–H and O–H groups in total. The average Bonchev–Trinajstić information content (AvgIpc) is 2.54. The van der Waals surface area contributed by atoms with Crippen LogP contribution in [0.3, 0.4) is 0 Å². The molecule has 2 aromatic rings. The van der Waals surface area contributed by atoms with Gasteiger partial charge in [-0.3, -0.25) is 4.79 Å². The number of amides is 1. The number of carbonyl (C=O) groups excluding carboxylic acids is 1. The van der Waals surface area contributed by atoms with E-state index < -0.39 is 0 Å². The van der Waals surface area contributed by atoms with Crippen molar-refractivity contribution in [3.8, 4) is 0 Å². The zero-order valence-electron chi connectivity index (χ0n) is 13.8. The molecule has 2 aromatic carbocycles. The molecule has 2 rings (SSSR count). The smallest absolute Gasteiger partial charge is 0.253 e. The van der Waals surface area contributed by atoms with Crippen molar-refractivity contribution in [3.05, 3.63) is 70.8 Å². The third-order valence-electron chi connectivity index (χ3n) is 3.95. The highest BCUT2D eigenvalue weighted by atomic mass is 35.5. The first kappa shape index (κ1) is 19.2. The quantitative estimate of drug-likeness (QED) is 0.881. The maximum absolute atomic E-state index is 12.7. The summed E-state index contributed by atoms with van der Waals surface area (Å²) >= 11 is 0. The summed E-state index contributed by atoms with van der Waals surface area (Å²) in [5, 5.41) is 0. The maximum Gasteiger partial charge on any atom is 0.253 e. The largest absolute Gasteiger partial charge is 0.337 e. The Morgan fingerprint density at radius 3 is 2.30 bits per heavy atom. The minimum Gasteiger partial charge on any atom is -0.337 e. The number of rotatable bonds is 6. The van der Waals surface area contributed by atoms with E-state index in [1.54, 1.807) is 0 Å². The third kappa shape index (κ3) is 5.38. The molecule has 124 valence electrons. The molecule has 0 aliphatic rings. The van der Waals surface area contributed by atoms with Gasteiger partial charge in [0.25, 0.3) is 5.91 Å². The minimum absolute atomic E-state index is 0. The Morgan fingerprint density at radius 2 is 1.70 bits per heavy atom. The van der Waals surface area contributed by atoms with E-state index >= 15 is 0 Å². The van der Waals surface area contributed by atoms with Crippen LogP contribution < -0.4 is 5.73 Å². The average molecular weight is 333 g/mol. The van der Waals surface area contributed by atoms with Crippen molar-refractivity contribution in [1.82, 2.24) is 4.90 Å². The molecule has 4 heteroatoms. The van der Waals surface area contributed by atoms with Gasteiger partial charge in [0.1, 0.15) is 0 Å². The molecule has 0 bridgehead atoms. The SMILES string of the molecule is Cc1ccc(C(=O)N(CCN)CCc2ccccc2)cc1C.Cl. The first-order valence-electron chi connectivity index (χ1n) is 7.72. The van der Waals surface area contributed by atoms with Crippen LogP contribution in [0.4, 0.5) is 0 Å². The molecule has 0 fully saturated rings. The van der Waals surface area contributed by atoms with Crippen molar-refractivity contribution in [3.63, 3.8) is 0 Å². The minimum atomic E-state index is 0. The molecule has 0 unspecified atom stereocenters. The Morgan fingerprint density at radius 1 is 1.00 bits per heavy atom. The van der Waals surface area contributed by atoms with Gasteiger partial charge in [-0.2, -0.15) is 0 Å². The van der Waals surface area contributed by atoms with Crippen molar-refractivity contribution in [2.24, 2.45) is 5.73 Å². The second kappa shape index (κ2) is 9.33. The summed E-state index contributed by atoms with van der Waals surface area (Å²) in [5.41, 5.74) is 9.99. The summed E-state index contributed by atoms with van der Waals surface area (Å²) in [5.74, 6) is 0.0597. The van der Waals surface area contributed by atoms with Gasteiger partial charge in [0.2, 0.25) is 0 Å². The van der Waals surface area contributed by atoms with Gasteiger partial charge in [0.05, 0.1) is 0 Å². The Labute approximate surface area is 144 Å². The van der Waals surface area contributed by atoms with Crippen molar-refractivity contribution in [2.45, 2.75) is 20.3 Å². The summed E-state index contributed by atoms with van der Waals surface area (Å²) < 4.78 is 0. The monoisotopic (exact) mass is 332 g/mol. The normalized spacial score (nSPS) is 10.0. The molecule has 0 radical (unpaired) electrons. The van der Waals surface area contributed by atoms with Gasteiger partial charge in [-0.05, 0) is 49.1 Å². The van der Waals surface area contributed by atoms with Crippen LogP contribution in [0.5, 0.6) is 0 Å². The lowest BCUT2D eigenvalue weighted by Gasteiger charge is -2.22. The van der Waals surface area contributed by atoms with Crippen LogP contribution in [-0.4, -0.2) is 30.4 Å². The molecule has 3 nitrogen and oxygen atoms in total. The predicted octanol–water partition coefficient (Wildman–Crippen LogP) is 3.37. The van der Waals surface area contributed by atoms with E-state index in [1.165, 1.54) is 11.1 Å². The van der Waals surface area contributed by atoms with Crippen LogP contribution in [0, 0.1) is 13.8 Å². The molecule has 0 aliphatic heterocycles. The molecule has 0 aromatic heterocycles. The molecule has 0 saturated carbocycles. The second-order valence-corrected chi connectivity index (χ2v) is 5.62. The summed E-state index contributed by atoms with van der Waals surface area (Å²) in [7, 11) is 0. The highest BCUT2D eigenvalue weighted by molar-refractivity contribution is 5.94. The van der Waals surface area contributed by atoms with E-state index in [9.17, 15) is 4.79 Å². The van der Waals surface area contributed by atoms with E-state index in [1.807, 2.05) is 48.2 Å². The molecule has 0 spiro atoms. The second-order valence-electron chi connectivity index (χ2n) is 5.62. The number of benzene rings is 2. The Bertz CT molecular complexity index is 629. The van der Waals surface area contributed by atoms with Gasteiger partial charge in [-0.1, -0.05) is 36.4 Å². The Kier molecular flexibility index (Phi) is 7.79. The van der Waals surface area contributed by atoms with Crippen LogP contribution in [0.2, 0.25) is 0 Å². The summed E-state index contributed by atoms with van der Waals surface area (Å²) in [6, 6.07) is 16.1. The van der Waals surface area contributed by atoms with E-state index in [2.05, 4.69) is 19.1 Å². The van der Waals surface area contributed by atoms with E-state index in [4.69, 9.17) is 5.73 Å². The van der Waals surface area contributed by atoms with E-state index in [0.717, 1.165) is 17.5 Å². The van der Waals surface area contributed by atoms with Crippen molar-refractivity contribution in [2.75, 3.05) is 19.6 Å². The Hall–Kier alpha value is -1.84. The van der Waals surface area contributed by atoms with Gasteiger partial charge >= 0.3 is 0 Å². The van der Waals surface area contributed by atoms with Gasteiger partial charge in [0, 0.05) is 25.2 Å². The maximum atomic E-state index is 12.7. The zero-order chi connectivity index (χ0) is 15.9. The molecular weight excluding hydrogens is 308 g/mol. The lowest BCUT2D eigenvalue weighted by molar-refractivity contribution is 0.0762.